The topological polar surface area (TPSA) is 99.6 Å². The molecule has 4 rings (SSSR count). The van der Waals surface area contributed by atoms with Crippen LogP contribution in [0.2, 0.25) is 0 Å². The molecule has 3 aliphatic rings. The molecule has 3 heterocycles. The Bertz CT molecular complexity index is 1100. The summed E-state index contributed by atoms with van der Waals surface area (Å²) in [6.07, 6.45) is 4.45. The number of esters is 1. The van der Waals surface area contributed by atoms with Gasteiger partial charge in [0.1, 0.15) is 24.2 Å². The number of nitrogens with zero attached hydrogens (tertiary/aromatic N) is 3. The number of aliphatic hydroxyl groups excluding tert-OH is 1. The SMILES string of the molecule is C=CCOC(=O)[C@@H]1[C@H]2C(=O)N(CCCO)C(C(=O)N(CC=C)c3ccc(N(CC)CC)cc3)C23CC[C@@]1(C)O3. The van der Waals surface area contributed by atoms with E-state index in [2.05, 4.69) is 31.9 Å². The number of ether oxygens (including phenoxy) is 2. The lowest BCUT2D eigenvalue weighted by atomic mass is 9.66. The first-order valence-electron chi connectivity index (χ1n) is 13.9. The van der Waals surface area contributed by atoms with Gasteiger partial charge in [0, 0.05) is 44.2 Å². The largest absolute Gasteiger partial charge is 0.461 e. The minimum atomic E-state index is -1.16. The molecule has 0 radical (unpaired) electrons. The minimum Gasteiger partial charge on any atom is -0.461 e. The summed E-state index contributed by atoms with van der Waals surface area (Å²) in [6.45, 7) is 15.6. The fourth-order valence-electron chi connectivity index (χ4n) is 6.81. The molecule has 1 N–H and O–H groups in total. The highest BCUT2D eigenvalue weighted by Gasteiger charge is 2.78. The zero-order valence-electron chi connectivity index (χ0n) is 23.3. The van der Waals surface area contributed by atoms with Gasteiger partial charge < -0.3 is 29.3 Å². The molecule has 212 valence electrons. The van der Waals surface area contributed by atoms with Crippen LogP contribution in [0.15, 0.2) is 49.6 Å². The summed E-state index contributed by atoms with van der Waals surface area (Å²) in [4.78, 5) is 47.0. The van der Waals surface area contributed by atoms with Crippen LogP contribution in [-0.4, -0.2) is 84.4 Å². The number of carbonyl (C=O) groups excluding carboxylic acids is 3. The van der Waals surface area contributed by atoms with Crippen molar-refractivity contribution in [1.29, 1.82) is 0 Å². The zero-order chi connectivity index (χ0) is 28.4. The molecule has 0 aromatic heterocycles. The van der Waals surface area contributed by atoms with Gasteiger partial charge in [0.2, 0.25) is 5.91 Å². The fraction of sp³-hybridized carbons (Fsp3) is 0.567. The van der Waals surface area contributed by atoms with Crippen molar-refractivity contribution in [2.24, 2.45) is 11.8 Å². The quantitative estimate of drug-likeness (QED) is 0.304. The normalized spacial score (nSPS) is 28.8. The summed E-state index contributed by atoms with van der Waals surface area (Å²) in [7, 11) is 0. The number of anilines is 2. The lowest BCUT2D eigenvalue weighted by molar-refractivity contribution is -0.158. The molecule has 5 atom stereocenters. The molecule has 9 nitrogen and oxygen atoms in total. The second-order valence-corrected chi connectivity index (χ2v) is 10.7. The van der Waals surface area contributed by atoms with Gasteiger partial charge in [-0.2, -0.15) is 0 Å². The molecule has 1 aromatic rings. The van der Waals surface area contributed by atoms with Gasteiger partial charge >= 0.3 is 5.97 Å². The Labute approximate surface area is 231 Å². The first-order chi connectivity index (χ1) is 18.7. The molecule has 0 aliphatic carbocycles. The molecule has 3 aliphatic heterocycles. The molecule has 39 heavy (non-hydrogen) atoms. The predicted octanol–water partition coefficient (Wildman–Crippen LogP) is 2.93. The monoisotopic (exact) mass is 539 g/mol. The van der Waals surface area contributed by atoms with Crippen molar-refractivity contribution >= 4 is 29.2 Å². The Hall–Kier alpha value is -3.17. The second-order valence-electron chi connectivity index (χ2n) is 10.7. The van der Waals surface area contributed by atoms with Crippen LogP contribution in [0.4, 0.5) is 11.4 Å². The lowest BCUT2D eigenvalue weighted by Crippen LogP contribution is -2.56. The van der Waals surface area contributed by atoms with E-state index in [0.29, 0.717) is 24.9 Å². The Morgan fingerprint density at radius 2 is 1.82 bits per heavy atom. The summed E-state index contributed by atoms with van der Waals surface area (Å²) in [5.74, 6) is -2.77. The smallest absolute Gasteiger partial charge is 0.313 e. The van der Waals surface area contributed by atoms with Crippen molar-refractivity contribution in [3.8, 4) is 0 Å². The van der Waals surface area contributed by atoms with E-state index in [-0.39, 0.29) is 38.1 Å². The number of amides is 2. The Morgan fingerprint density at radius 3 is 2.41 bits per heavy atom. The van der Waals surface area contributed by atoms with Crippen LogP contribution < -0.4 is 9.80 Å². The maximum absolute atomic E-state index is 14.5. The van der Waals surface area contributed by atoms with Gasteiger partial charge in [0.25, 0.3) is 5.91 Å². The molecular weight excluding hydrogens is 498 g/mol. The molecule has 1 aromatic carbocycles. The van der Waals surface area contributed by atoms with Crippen molar-refractivity contribution in [3.63, 3.8) is 0 Å². The Balaban J connectivity index is 1.74. The van der Waals surface area contributed by atoms with Gasteiger partial charge in [-0.05, 0) is 64.3 Å². The summed E-state index contributed by atoms with van der Waals surface area (Å²) in [5.41, 5.74) is -0.322. The highest BCUT2D eigenvalue weighted by Crippen LogP contribution is 2.63. The molecule has 2 amide bonds. The molecule has 3 fully saturated rings. The van der Waals surface area contributed by atoms with Gasteiger partial charge in [-0.15, -0.1) is 6.58 Å². The first kappa shape index (κ1) is 28.8. The Kier molecular flexibility index (Phi) is 8.51. The van der Waals surface area contributed by atoms with E-state index in [9.17, 15) is 19.5 Å². The van der Waals surface area contributed by atoms with E-state index in [0.717, 1.165) is 18.8 Å². The highest BCUT2D eigenvalue weighted by atomic mass is 16.6. The zero-order valence-corrected chi connectivity index (χ0v) is 23.3. The fourth-order valence-corrected chi connectivity index (χ4v) is 6.81. The second kappa shape index (κ2) is 11.5. The average molecular weight is 540 g/mol. The number of benzene rings is 1. The van der Waals surface area contributed by atoms with Crippen LogP contribution in [0.5, 0.6) is 0 Å². The van der Waals surface area contributed by atoms with Gasteiger partial charge in [-0.1, -0.05) is 18.7 Å². The van der Waals surface area contributed by atoms with Gasteiger partial charge in [0.15, 0.2) is 0 Å². The molecule has 2 bridgehead atoms. The predicted molar refractivity (Wildman–Crippen MR) is 149 cm³/mol. The summed E-state index contributed by atoms with van der Waals surface area (Å²) >= 11 is 0. The van der Waals surface area contributed by atoms with Crippen LogP contribution >= 0.6 is 0 Å². The molecule has 3 saturated heterocycles. The number of hydrogen-bond donors (Lipinski definition) is 1. The number of carbonyl (C=O) groups is 3. The standard InChI is InChI=1S/C30H41N3O6/c1-6-17-32(22-13-11-21(12-14-22)31(8-3)9-4)27(36)25-30-16-15-29(5,39-30)24(28(37)38-20-7-2)23(30)26(35)33(25)18-10-19-34/h6-7,11-14,23-25,34H,1-2,8-10,15-20H2,3-5H3/t23-,24-,25?,29+,30?/m0/s1. The van der Waals surface area contributed by atoms with Crippen LogP contribution in [0, 0.1) is 11.8 Å². The molecule has 2 unspecified atom stereocenters. The lowest BCUT2D eigenvalue weighted by Gasteiger charge is -2.37. The molecular formula is C30H41N3O6. The van der Waals surface area contributed by atoms with E-state index < -0.39 is 35.0 Å². The summed E-state index contributed by atoms with van der Waals surface area (Å²) in [5, 5.41) is 9.57. The molecule has 1 spiro atoms. The van der Waals surface area contributed by atoms with E-state index in [1.165, 1.54) is 11.0 Å². The van der Waals surface area contributed by atoms with Gasteiger partial charge in [-0.3, -0.25) is 14.4 Å². The number of hydrogen-bond acceptors (Lipinski definition) is 7. The molecule has 0 saturated carbocycles. The average Bonchev–Trinajstić information content (AvgIpc) is 3.50. The van der Waals surface area contributed by atoms with Crippen molar-refractivity contribution in [2.75, 3.05) is 49.2 Å². The molecule has 9 heteroatoms. The summed E-state index contributed by atoms with van der Waals surface area (Å²) < 4.78 is 12.0. The number of aliphatic hydroxyl groups is 1. The third-order valence-corrected chi connectivity index (χ3v) is 8.53. The van der Waals surface area contributed by atoms with Gasteiger partial charge in [0.05, 0.1) is 11.5 Å². The number of likely N-dealkylation sites (tertiary alicyclic amines) is 1. The van der Waals surface area contributed by atoms with E-state index in [1.807, 2.05) is 31.2 Å². The van der Waals surface area contributed by atoms with Crippen LogP contribution in [-0.2, 0) is 23.9 Å². The van der Waals surface area contributed by atoms with Crippen LogP contribution in [0.1, 0.15) is 40.0 Å². The third kappa shape index (κ3) is 4.76. The van der Waals surface area contributed by atoms with E-state index >= 15 is 0 Å². The van der Waals surface area contributed by atoms with Crippen molar-refractivity contribution in [1.82, 2.24) is 4.90 Å². The minimum absolute atomic E-state index is 0.0342. The van der Waals surface area contributed by atoms with Crippen LogP contribution in [0.3, 0.4) is 0 Å². The van der Waals surface area contributed by atoms with E-state index in [1.54, 1.807) is 11.0 Å². The summed E-state index contributed by atoms with van der Waals surface area (Å²) in [6, 6.07) is 6.84. The number of rotatable bonds is 13. The van der Waals surface area contributed by atoms with E-state index in [4.69, 9.17) is 9.47 Å². The van der Waals surface area contributed by atoms with Crippen molar-refractivity contribution < 1.29 is 29.0 Å². The Morgan fingerprint density at radius 1 is 1.15 bits per heavy atom. The van der Waals surface area contributed by atoms with Crippen molar-refractivity contribution in [2.45, 2.75) is 57.3 Å². The van der Waals surface area contributed by atoms with Crippen molar-refractivity contribution in [3.05, 3.63) is 49.6 Å². The first-order valence-corrected chi connectivity index (χ1v) is 13.9. The maximum atomic E-state index is 14.5. The maximum Gasteiger partial charge on any atom is 0.313 e. The highest BCUT2D eigenvalue weighted by molar-refractivity contribution is 6.05. The number of fused-ring (bicyclic) bond motifs is 1. The van der Waals surface area contributed by atoms with Crippen LogP contribution in [0.25, 0.3) is 0 Å². The third-order valence-electron chi connectivity index (χ3n) is 8.53. The van der Waals surface area contributed by atoms with Gasteiger partial charge in [-0.25, -0.2) is 0 Å².